The molecule has 112 valence electrons. The summed E-state index contributed by atoms with van der Waals surface area (Å²) in [6, 6.07) is 8.33. The standard InChI is InChI=1S/C16H27N3O/c1-18(11-12-19-9-4-7-17-8-10-19)14-15-5-3-6-16(13-15)20-2/h3,5-6,13,17H,4,7-12,14H2,1-2H3. The molecular weight excluding hydrogens is 250 g/mol. The van der Waals surface area contributed by atoms with Crippen LogP contribution in [-0.2, 0) is 6.54 Å². The third-order valence-corrected chi connectivity index (χ3v) is 3.82. The van der Waals surface area contributed by atoms with Crippen molar-refractivity contribution in [2.24, 2.45) is 0 Å². The highest BCUT2D eigenvalue weighted by molar-refractivity contribution is 5.28. The lowest BCUT2D eigenvalue weighted by molar-refractivity contribution is 0.231. The van der Waals surface area contributed by atoms with E-state index in [4.69, 9.17) is 4.74 Å². The van der Waals surface area contributed by atoms with E-state index in [0.29, 0.717) is 0 Å². The van der Waals surface area contributed by atoms with Crippen LogP contribution in [0.25, 0.3) is 0 Å². The first-order valence-electron chi connectivity index (χ1n) is 7.52. The molecule has 0 atom stereocenters. The number of hydrogen-bond donors (Lipinski definition) is 1. The molecule has 1 saturated heterocycles. The Morgan fingerprint density at radius 3 is 3.05 bits per heavy atom. The second kappa shape index (κ2) is 8.25. The van der Waals surface area contributed by atoms with E-state index in [0.717, 1.165) is 38.5 Å². The number of rotatable bonds is 6. The summed E-state index contributed by atoms with van der Waals surface area (Å²) in [6.45, 7) is 7.92. The smallest absolute Gasteiger partial charge is 0.119 e. The highest BCUT2D eigenvalue weighted by Gasteiger charge is 2.09. The third-order valence-electron chi connectivity index (χ3n) is 3.82. The predicted octanol–water partition coefficient (Wildman–Crippen LogP) is 1.42. The van der Waals surface area contributed by atoms with E-state index >= 15 is 0 Å². The number of methoxy groups -OCH3 is 1. The van der Waals surface area contributed by atoms with Crippen LogP contribution in [0.5, 0.6) is 5.75 Å². The Bertz CT molecular complexity index is 389. The Labute approximate surface area is 122 Å². The van der Waals surface area contributed by atoms with Gasteiger partial charge in [0, 0.05) is 32.7 Å². The van der Waals surface area contributed by atoms with Crippen LogP contribution in [0.3, 0.4) is 0 Å². The van der Waals surface area contributed by atoms with Gasteiger partial charge in [0.2, 0.25) is 0 Å². The fourth-order valence-electron chi connectivity index (χ4n) is 2.60. The normalized spacial score (nSPS) is 17.1. The van der Waals surface area contributed by atoms with E-state index in [1.807, 2.05) is 6.07 Å². The van der Waals surface area contributed by atoms with Gasteiger partial charge >= 0.3 is 0 Å². The molecule has 1 aromatic rings. The van der Waals surface area contributed by atoms with E-state index in [-0.39, 0.29) is 0 Å². The fourth-order valence-corrected chi connectivity index (χ4v) is 2.60. The molecule has 2 rings (SSSR count). The van der Waals surface area contributed by atoms with Gasteiger partial charge in [0.1, 0.15) is 5.75 Å². The molecule has 1 aliphatic heterocycles. The number of hydrogen-bond acceptors (Lipinski definition) is 4. The Kier molecular flexibility index (Phi) is 6.30. The highest BCUT2D eigenvalue weighted by atomic mass is 16.5. The van der Waals surface area contributed by atoms with Gasteiger partial charge in [-0.05, 0) is 44.3 Å². The number of nitrogens with one attached hydrogen (secondary N) is 1. The highest BCUT2D eigenvalue weighted by Crippen LogP contribution is 2.13. The van der Waals surface area contributed by atoms with Gasteiger partial charge in [-0.15, -0.1) is 0 Å². The molecule has 4 nitrogen and oxygen atoms in total. The molecule has 1 N–H and O–H groups in total. The van der Waals surface area contributed by atoms with Crippen molar-refractivity contribution in [1.29, 1.82) is 0 Å². The average molecular weight is 277 g/mol. The molecule has 0 unspecified atom stereocenters. The van der Waals surface area contributed by atoms with Gasteiger partial charge in [-0.2, -0.15) is 0 Å². The number of nitrogens with zero attached hydrogens (tertiary/aromatic N) is 2. The topological polar surface area (TPSA) is 27.7 Å². The summed E-state index contributed by atoms with van der Waals surface area (Å²) in [6.07, 6.45) is 1.26. The first-order valence-corrected chi connectivity index (χ1v) is 7.52. The van der Waals surface area contributed by atoms with Gasteiger partial charge in [-0.25, -0.2) is 0 Å². The molecule has 0 spiro atoms. The van der Waals surface area contributed by atoms with Gasteiger partial charge in [0.05, 0.1) is 7.11 Å². The number of likely N-dealkylation sites (N-methyl/N-ethyl adjacent to an activating group) is 1. The van der Waals surface area contributed by atoms with Gasteiger partial charge < -0.3 is 19.9 Å². The molecule has 4 heteroatoms. The van der Waals surface area contributed by atoms with Crippen LogP contribution < -0.4 is 10.1 Å². The summed E-state index contributed by atoms with van der Waals surface area (Å²) < 4.78 is 5.27. The van der Waals surface area contributed by atoms with Crippen molar-refractivity contribution in [3.8, 4) is 5.75 Å². The van der Waals surface area contributed by atoms with Crippen molar-refractivity contribution < 1.29 is 4.74 Å². The third kappa shape index (κ3) is 5.12. The summed E-state index contributed by atoms with van der Waals surface area (Å²) in [4.78, 5) is 4.94. The van der Waals surface area contributed by atoms with Crippen LogP contribution in [0.1, 0.15) is 12.0 Å². The van der Waals surface area contributed by atoms with E-state index in [1.54, 1.807) is 7.11 Å². The number of benzene rings is 1. The molecule has 0 saturated carbocycles. The van der Waals surface area contributed by atoms with E-state index in [9.17, 15) is 0 Å². The minimum Gasteiger partial charge on any atom is -0.497 e. The molecule has 1 heterocycles. The Morgan fingerprint density at radius 1 is 1.30 bits per heavy atom. The van der Waals surface area contributed by atoms with Crippen molar-refractivity contribution in [1.82, 2.24) is 15.1 Å². The minimum absolute atomic E-state index is 0.939. The summed E-state index contributed by atoms with van der Waals surface area (Å²) in [5, 5.41) is 3.45. The largest absolute Gasteiger partial charge is 0.497 e. The molecule has 20 heavy (non-hydrogen) atoms. The second-order valence-corrected chi connectivity index (χ2v) is 5.53. The van der Waals surface area contributed by atoms with Gasteiger partial charge in [0.25, 0.3) is 0 Å². The maximum Gasteiger partial charge on any atom is 0.119 e. The van der Waals surface area contributed by atoms with Gasteiger partial charge in [0.15, 0.2) is 0 Å². The maximum atomic E-state index is 5.27. The minimum atomic E-state index is 0.939. The van der Waals surface area contributed by atoms with E-state index in [2.05, 4.69) is 40.4 Å². The lowest BCUT2D eigenvalue weighted by Gasteiger charge is -2.24. The Balaban J connectivity index is 1.75. The van der Waals surface area contributed by atoms with Crippen LogP contribution >= 0.6 is 0 Å². The Morgan fingerprint density at radius 2 is 2.20 bits per heavy atom. The fraction of sp³-hybridized carbons (Fsp3) is 0.625. The average Bonchev–Trinajstić information content (AvgIpc) is 2.74. The van der Waals surface area contributed by atoms with E-state index < -0.39 is 0 Å². The SMILES string of the molecule is COc1cccc(CN(C)CCN2CCCNCC2)c1. The van der Waals surface area contributed by atoms with Crippen LogP contribution in [0, 0.1) is 0 Å². The number of ether oxygens (including phenoxy) is 1. The molecule has 0 bridgehead atoms. The molecular formula is C16H27N3O. The summed E-state index contributed by atoms with van der Waals surface area (Å²) in [5.41, 5.74) is 1.31. The van der Waals surface area contributed by atoms with Gasteiger partial charge in [-0.1, -0.05) is 12.1 Å². The van der Waals surface area contributed by atoms with Crippen molar-refractivity contribution >= 4 is 0 Å². The summed E-state index contributed by atoms with van der Waals surface area (Å²) in [7, 11) is 3.91. The molecule has 1 fully saturated rings. The van der Waals surface area contributed by atoms with E-state index in [1.165, 1.54) is 25.1 Å². The zero-order valence-corrected chi connectivity index (χ0v) is 12.8. The summed E-state index contributed by atoms with van der Waals surface area (Å²) in [5.74, 6) is 0.939. The molecule has 1 aliphatic rings. The molecule has 1 aromatic carbocycles. The lowest BCUT2D eigenvalue weighted by Crippen LogP contribution is -2.35. The Hall–Kier alpha value is -1.10. The second-order valence-electron chi connectivity index (χ2n) is 5.53. The van der Waals surface area contributed by atoms with Crippen LogP contribution in [0.4, 0.5) is 0 Å². The van der Waals surface area contributed by atoms with Gasteiger partial charge in [-0.3, -0.25) is 0 Å². The molecule has 0 amide bonds. The quantitative estimate of drug-likeness (QED) is 0.851. The first-order chi connectivity index (χ1) is 9.78. The zero-order chi connectivity index (χ0) is 14.2. The van der Waals surface area contributed by atoms with Crippen LogP contribution in [0.15, 0.2) is 24.3 Å². The lowest BCUT2D eigenvalue weighted by atomic mass is 10.2. The first kappa shape index (κ1) is 15.3. The predicted molar refractivity (Wildman–Crippen MR) is 83.3 cm³/mol. The van der Waals surface area contributed by atoms with Crippen molar-refractivity contribution in [2.75, 3.05) is 53.4 Å². The van der Waals surface area contributed by atoms with Crippen molar-refractivity contribution in [3.63, 3.8) is 0 Å². The van der Waals surface area contributed by atoms with Crippen LogP contribution in [-0.4, -0.2) is 63.2 Å². The van der Waals surface area contributed by atoms with Crippen molar-refractivity contribution in [3.05, 3.63) is 29.8 Å². The molecule has 0 radical (unpaired) electrons. The molecule has 0 aromatic heterocycles. The monoisotopic (exact) mass is 277 g/mol. The maximum absolute atomic E-state index is 5.27. The zero-order valence-electron chi connectivity index (χ0n) is 12.8. The van der Waals surface area contributed by atoms with Crippen LogP contribution in [0.2, 0.25) is 0 Å². The molecule has 0 aliphatic carbocycles. The van der Waals surface area contributed by atoms with Crippen molar-refractivity contribution in [2.45, 2.75) is 13.0 Å². The summed E-state index contributed by atoms with van der Waals surface area (Å²) >= 11 is 0.